The molecule has 0 radical (unpaired) electrons. The van der Waals surface area contributed by atoms with Crippen LogP contribution in [0.15, 0.2) is 53.7 Å². The van der Waals surface area contributed by atoms with Crippen molar-refractivity contribution in [2.45, 2.75) is 17.8 Å². The second-order valence-corrected chi connectivity index (χ2v) is 6.22. The third kappa shape index (κ3) is 3.27. The fourth-order valence-electron chi connectivity index (χ4n) is 2.32. The lowest BCUT2D eigenvalue weighted by Crippen LogP contribution is -1.96. The summed E-state index contributed by atoms with van der Waals surface area (Å²) in [5, 5.41) is 18.4. The van der Waals surface area contributed by atoms with Gasteiger partial charge in [0.05, 0.1) is 11.6 Å². The summed E-state index contributed by atoms with van der Waals surface area (Å²) in [6, 6.07) is 17.9. The third-order valence-electron chi connectivity index (χ3n) is 3.67. The van der Waals surface area contributed by atoms with Crippen molar-refractivity contribution in [2.75, 3.05) is 0 Å². The highest BCUT2D eigenvalue weighted by Crippen LogP contribution is 2.26. The van der Waals surface area contributed by atoms with Gasteiger partial charge in [-0.05, 0) is 30.2 Å². The minimum absolute atomic E-state index is 0.680. The third-order valence-corrected chi connectivity index (χ3v) is 4.76. The molecule has 0 saturated carbocycles. The van der Waals surface area contributed by atoms with Crippen molar-refractivity contribution in [1.82, 2.24) is 14.8 Å². The normalized spacial score (nSPS) is 10.5. The van der Waals surface area contributed by atoms with E-state index >= 15 is 0 Å². The quantitative estimate of drug-likeness (QED) is 0.683. The van der Waals surface area contributed by atoms with Crippen molar-refractivity contribution in [3.05, 3.63) is 65.2 Å². The Hall–Kier alpha value is -2.58. The van der Waals surface area contributed by atoms with Crippen molar-refractivity contribution in [2.24, 2.45) is 7.05 Å². The summed E-state index contributed by atoms with van der Waals surface area (Å²) in [4.78, 5) is 0. The van der Waals surface area contributed by atoms with Crippen LogP contribution in [0.5, 0.6) is 0 Å². The van der Waals surface area contributed by atoms with Gasteiger partial charge in [-0.3, -0.25) is 0 Å². The summed E-state index contributed by atoms with van der Waals surface area (Å²) in [5.74, 6) is 1.68. The Morgan fingerprint density at radius 3 is 2.52 bits per heavy atom. The van der Waals surface area contributed by atoms with Gasteiger partial charge in [0.2, 0.25) is 0 Å². The molecule has 0 bridgehead atoms. The van der Waals surface area contributed by atoms with Crippen LogP contribution in [-0.4, -0.2) is 14.8 Å². The van der Waals surface area contributed by atoms with Crippen LogP contribution in [0.2, 0.25) is 0 Å². The monoisotopic (exact) mass is 320 g/mol. The van der Waals surface area contributed by atoms with Gasteiger partial charge in [0, 0.05) is 18.4 Å². The van der Waals surface area contributed by atoms with Gasteiger partial charge in [-0.2, -0.15) is 5.26 Å². The van der Waals surface area contributed by atoms with Gasteiger partial charge in [-0.25, -0.2) is 0 Å². The zero-order chi connectivity index (χ0) is 16.2. The van der Waals surface area contributed by atoms with Crippen LogP contribution in [0.3, 0.4) is 0 Å². The molecule has 1 heterocycles. The average molecular weight is 320 g/mol. The molecule has 3 aromatic rings. The minimum Gasteiger partial charge on any atom is -0.305 e. The molecule has 1 aromatic heterocycles. The number of nitriles is 1. The molecule has 0 aliphatic rings. The SMILES string of the molecule is Cc1ccccc1-c1nnc(SCc2ccc(C#N)cc2)n1C. The lowest BCUT2D eigenvalue weighted by molar-refractivity contribution is 0.793. The molecule has 0 spiro atoms. The number of rotatable bonds is 4. The van der Waals surface area contributed by atoms with Gasteiger partial charge in [0.1, 0.15) is 0 Å². The molecule has 0 aliphatic carbocycles. The fourth-order valence-corrected chi connectivity index (χ4v) is 3.19. The van der Waals surface area contributed by atoms with Gasteiger partial charge in [0.25, 0.3) is 0 Å². The van der Waals surface area contributed by atoms with Gasteiger partial charge < -0.3 is 4.57 Å². The van der Waals surface area contributed by atoms with Crippen molar-refractivity contribution >= 4 is 11.8 Å². The topological polar surface area (TPSA) is 54.5 Å². The Labute approximate surface area is 139 Å². The minimum atomic E-state index is 0.680. The van der Waals surface area contributed by atoms with Gasteiger partial charge in [-0.15, -0.1) is 10.2 Å². The van der Waals surface area contributed by atoms with Crippen LogP contribution in [0.1, 0.15) is 16.7 Å². The van der Waals surface area contributed by atoms with Crippen LogP contribution in [-0.2, 0) is 12.8 Å². The van der Waals surface area contributed by atoms with E-state index in [2.05, 4.69) is 35.3 Å². The number of hydrogen-bond donors (Lipinski definition) is 0. The molecule has 0 amide bonds. The Kier molecular flexibility index (Phi) is 4.45. The zero-order valence-electron chi connectivity index (χ0n) is 13.0. The van der Waals surface area contributed by atoms with E-state index in [9.17, 15) is 0 Å². The first-order chi connectivity index (χ1) is 11.2. The summed E-state index contributed by atoms with van der Waals surface area (Å²) in [5.41, 5.74) is 4.13. The number of aromatic nitrogens is 3. The zero-order valence-corrected chi connectivity index (χ0v) is 13.8. The Morgan fingerprint density at radius 2 is 1.83 bits per heavy atom. The van der Waals surface area contributed by atoms with E-state index in [1.54, 1.807) is 11.8 Å². The first kappa shape index (κ1) is 15.3. The molecule has 2 aromatic carbocycles. The summed E-state index contributed by atoms with van der Waals surface area (Å²) in [6.07, 6.45) is 0. The second kappa shape index (κ2) is 6.67. The first-order valence-electron chi connectivity index (χ1n) is 7.26. The standard InChI is InChI=1S/C18H16N4S/c1-13-5-3-4-6-16(13)17-20-21-18(22(17)2)23-12-15-9-7-14(11-19)8-10-15/h3-10H,12H2,1-2H3. The van der Waals surface area contributed by atoms with E-state index in [4.69, 9.17) is 5.26 Å². The molecule has 0 unspecified atom stereocenters. The van der Waals surface area contributed by atoms with E-state index in [0.717, 1.165) is 27.9 Å². The molecular formula is C18H16N4S. The highest BCUT2D eigenvalue weighted by Gasteiger charge is 2.12. The van der Waals surface area contributed by atoms with E-state index in [-0.39, 0.29) is 0 Å². The Balaban J connectivity index is 1.77. The van der Waals surface area contributed by atoms with Crippen LogP contribution in [0, 0.1) is 18.3 Å². The van der Waals surface area contributed by atoms with Gasteiger partial charge >= 0.3 is 0 Å². The lowest BCUT2D eigenvalue weighted by atomic mass is 10.1. The van der Waals surface area contributed by atoms with Crippen molar-refractivity contribution in [3.8, 4) is 17.5 Å². The maximum atomic E-state index is 8.83. The number of benzene rings is 2. The molecular weight excluding hydrogens is 304 g/mol. The largest absolute Gasteiger partial charge is 0.305 e. The molecule has 0 N–H and O–H groups in total. The van der Waals surface area contributed by atoms with Gasteiger partial charge in [-0.1, -0.05) is 48.2 Å². The number of hydrogen-bond acceptors (Lipinski definition) is 4. The van der Waals surface area contributed by atoms with Crippen LogP contribution in [0.25, 0.3) is 11.4 Å². The number of aryl methyl sites for hydroxylation is 1. The maximum absolute atomic E-state index is 8.83. The van der Waals surface area contributed by atoms with Crippen molar-refractivity contribution in [3.63, 3.8) is 0 Å². The predicted molar refractivity (Wildman–Crippen MR) is 91.9 cm³/mol. The predicted octanol–water partition coefficient (Wildman–Crippen LogP) is 3.95. The smallest absolute Gasteiger partial charge is 0.191 e. The van der Waals surface area contributed by atoms with E-state index in [1.807, 2.05) is 48.0 Å². The highest BCUT2D eigenvalue weighted by molar-refractivity contribution is 7.98. The number of thioether (sulfide) groups is 1. The average Bonchev–Trinajstić information content (AvgIpc) is 2.94. The summed E-state index contributed by atoms with van der Waals surface area (Å²) >= 11 is 1.64. The van der Waals surface area contributed by atoms with E-state index in [0.29, 0.717) is 5.56 Å². The van der Waals surface area contributed by atoms with Crippen molar-refractivity contribution in [1.29, 1.82) is 5.26 Å². The van der Waals surface area contributed by atoms with Gasteiger partial charge in [0.15, 0.2) is 11.0 Å². The number of nitrogens with zero attached hydrogens (tertiary/aromatic N) is 4. The van der Waals surface area contributed by atoms with Crippen molar-refractivity contribution < 1.29 is 0 Å². The van der Waals surface area contributed by atoms with Crippen LogP contribution in [0.4, 0.5) is 0 Å². The lowest BCUT2D eigenvalue weighted by Gasteiger charge is -2.06. The summed E-state index contributed by atoms with van der Waals surface area (Å²) in [7, 11) is 1.99. The Morgan fingerprint density at radius 1 is 1.09 bits per heavy atom. The molecule has 5 heteroatoms. The second-order valence-electron chi connectivity index (χ2n) is 5.28. The molecule has 3 rings (SSSR count). The molecule has 23 heavy (non-hydrogen) atoms. The molecule has 114 valence electrons. The highest BCUT2D eigenvalue weighted by atomic mass is 32.2. The maximum Gasteiger partial charge on any atom is 0.191 e. The van der Waals surface area contributed by atoms with E-state index in [1.165, 1.54) is 5.56 Å². The Bertz CT molecular complexity index is 859. The molecule has 0 fully saturated rings. The summed E-state index contributed by atoms with van der Waals surface area (Å²) < 4.78 is 2.02. The van der Waals surface area contributed by atoms with Crippen LogP contribution >= 0.6 is 11.8 Å². The summed E-state index contributed by atoms with van der Waals surface area (Å²) in [6.45, 7) is 2.08. The molecule has 4 nitrogen and oxygen atoms in total. The molecule has 0 aliphatic heterocycles. The first-order valence-corrected chi connectivity index (χ1v) is 8.25. The molecule has 0 atom stereocenters. The molecule has 0 saturated heterocycles. The fraction of sp³-hybridized carbons (Fsp3) is 0.167. The van der Waals surface area contributed by atoms with E-state index < -0.39 is 0 Å². The van der Waals surface area contributed by atoms with Crippen LogP contribution < -0.4 is 0 Å².